The number of likely N-dealkylation sites (tertiary alicyclic amines) is 1. The van der Waals surface area contributed by atoms with E-state index in [1.807, 2.05) is 30.3 Å². The van der Waals surface area contributed by atoms with Crippen molar-refractivity contribution in [3.8, 4) is 11.5 Å². The van der Waals surface area contributed by atoms with Crippen LogP contribution in [0.25, 0.3) is 10.9 Å². The molecule has 1 saturated heterocycles. The van der Waals surface area contributed by atoms with Gasteiger partial charge >= 0.3 is 0 Å². The molecular weight excluding hydrogens is 426 g/mol. The Balaban J connectivity index is 1.43. The predicted octanol–water partition coefficient (Wildman–Crippen LogP) is 4.94. The summed E-state index contributed by atoms with van der Waals surface area (Å²) in [6, 6.07) is 13.5. The van der Waals surface area contributed by atoms with Crippen molar-refractivity contribution in [2.45, 2.75) is 45.6 Å². The molecule has 3 atom stereocenters. The summed E-state index contributed by atoms with van der Waals surface area (Å²) in [6.45, 7) is 11.7. The summed E-state index contributed by atoms with van der Waals surface area (Å²) < 4.78 is 5.29. The highest BCUT2D eigenvalue weighted by Gasteiger charge is 2.38. The SMILES string of the molecule is COc1ccc2c(C(=O)N[C@H](CN3CC[C@@](C)(c4cccc(O)c4)[C@@H](C)C3)C(C)C)c[nH]c2c1. The van der Waals surface area contributed by atoms with Gasteiger partial charge in [0.25, 0.3) is 5.91 Å². The molecule has 3 N–H and O–H groups in total. The first-order chi connectivity index (χ1) is 16.2. The number of aromatic nitrogens is 1. The molecular formula is C28H37N3O3. The average molecular weight is 464 g/mol. The molecule has 182 valence electrons. The molecule has 4 rings (SSSR count). The van der Waals surface area contributed by atoms with Gasteiger partial charge < -0.3 is 25.0 Å². The Labute approximate surface area is 202 Å². The van der Waals surface area contributed by atoms with Crippen LogP contribution in [-0.4, -0.2) is 53.7 Å². The molecule has 1 aliphatic rings. The van der Waals surface area contributed by atoms with Crippen LogP contribution < -0.4 is 10.1 Å². The standard InChI is InChI=1S/C28H37N3O3/c1-18(2)26(30-27(33)24-15-29-25-14-22(34-5)9-10-23(24)25)17-31-12-11-28(4,19(3)16-31)20-7-6-8-21(32)13-20/h6-10,13-15,18-19,26,29,32H,11-12,16-17H2,1-5H3,(H,30,33)/t19-,26+,28+/m0/s1. The van der Waals surface area contributed by atoms with Gasteiger partial charge in [0.05, 0.1) is 12.7 Å². The molecule has 0 unspecified atom stereocenters. The second kappa shape index (κ2) is 9.71. The molecule has 6 nitrogen and oxygen atoms in total. The summed E-state index contributed by atoms with van der Waals surface area (Å²) in [4.78, 5) is 18.9. The lowest BCUT2D eigenvalue weighted by atomic mass is 9.68. The van der Waals surface area contributed by atoms with E-state index in [2.05, 4.69) is 49.0 Å². The van der Waals surface area contributed by atoms with E-state index in [9.17, 15) is 9.90 Å². The molecule has 0 saturated carbocycles. The minimum Gasteiger partial charge on any atom is -0.508 e. The molecule has 3 aromatic rings. The summed E-state index contributed by atoms with van der Waals surface area (Å²) in [6.07, 6.45) is 2.79. The third-order valence-corrected chi connectivity index (χ3v) is 7.78. The lowest BCUT2D eigenvalue weighted by Gasteiger charge is -2.46. The lowest BCUT2D eigenvalue weighted by Crippen LogP contribution is -2.53. The number of aromatic hydroxyl groups is 1. The van der Waals surface area contributed by atoms with Gasteiger partial charge in [0.1, 0.15) is 11.5 Å². The summed E-state index contributed by atoms with van der Waals surface area (Å²) in [5, 5.41) is 14.2. The molecule has 1 aliphatic heterocycles. The Bertz CT molecular complexity index is 1150. The summed E-state index contributed by atoms with van der Waals surface area (Å²) >= 11 is 0. The number of H-pyrrole nitrogens is 1. The van der Waals surface area contributed by atoms with E-state index >= 15 is 0 Å². The van der Waals surface area contributed by atoms with Crippen molar-refractivity contribution in [1.82, 2.24) is 15.2 Å². The fourth-order valence-corrected chi connectivity index (χ4v) is 5.14. The molecule has 1 fully saturated rings. The van der Waals surface area contributed by atoms with Gasteiger partial charge in [-0.25, -0.2) is 0 Å². The van der Waals surface area contributed by atoms with E-state index in [4.69, 9.17) is 4.74 Å². The Hall–Kier alpha value is -2.99. The van der Waals surface area contributed by atoms with Crippen LogP contribution in [0.2, 0.25) is 0 Å². The topological polar surface area (TPSA) is 77.6 Å². The molecule has 34 heavy (non-hydrogen) atoms. The number of carbonyl (C=O) groups is 1. The fraction of sp³-hybridized carbons (Fsp3) is 0.464. The monoisotopic (exact) mass is 463 g/mol. The number of piperidine rings is 1. The third-order valence-electron chi connectivity index (χ3n) is 7.78. The quantitative estimate of drug-likeness (QED) is 0.464. The number of hydrogen-bond acceptors (Lipinski definition) is 4. The van der Waals surface area contributed by atoms with Gasteiger partial charge in [0, 0.05) is 42.3 Å². The van der Waals surface area contributed by atoms with E-state index in [0.717, 1.165) is 42.7 Å². The van der Waals surface area contributed by atoms with Crippen LogP contribution in [-0.2, 0) is 5.41 Å². The zero-order valence-electron chi connectivity index (χ0n) is 20.9. The van der Waals surface area contributed by atoms with Gasteiger partial charge in [0.15, 0.2) is 0 Å². The van der Waals surface area contributed by atoms with Crippen LogP contribution in [0.1, 0.15) is 50.0 Å². The van der Waals surface area contributed by atoms with Crippen LogP contribution in [0.3, 0.4) is 0 Å². The second-order valence-electron chi connectivity index (χ2n) is 10.3. The maximum atomic E-state index is 13.2. The zero-order chi connectivity index (χ0) is 24.5. The maximum absolute atomic E-state index is 13.2. The summed E-state index contributed by atoms with van der Waals surface area (Å²) in [7, 11) is 1.64. The van der Waals surface area contributed by atoms with Crippen LogP contribution in [0.4, 0.5) is 0 Å². The predicted molar refractivity (Wildman–Crippen MR) is 137 cm³/mol. The smallest absolute Gasteiger partial charge is 0.253 e. The van der Waals surface area contributed by atoms with Crippen molar-refractivity contribution >= 4 is 16.8 Å². The number of fused-ring (bicyclic) bond motifs is 1. The molecule has 0 aliphatic carbocycles. The first kappa shape index (κ1) is 24.1. The van der Waals surface area contributed by atoms with E-state index in [1.165, 1.54) is 5.56 Å². The van der Waals surface area contributed by atoms with E-state index < -0.39 is 0 Å². The molecule has 2 heterocycles. The van der Waals surface area contributed by atoms with E-state index in [-0.39, 0.29) is 17.4 Å². The number of amides is 1. The largest absolute Gasteiger partial charge is 0.508 e. The van der Waals surface area contributed by atoms with Gasteiger partial charge in [-0.1, -0.05) is 39.8 Å². The normalized spacial score (nSPS) is 22.1. The highest BCUT2D eigenvalue weighted by Crippen LogP contribution is 2.40. The Kier molecular flexibility index (Phi) is 6.89. The number of hydrogen-bond donors (Lipinski definition) is 3. The Morgan fingerprint density at radius 3 is 2.76 bits per heavy atom. The minimum absolute atomic E-state index is 0.0247. The lowest BCUT2D eigenvalue weighted by molar-refractivity contribution is 0.0816. The van der Waals surface area contributed by atoms with Gasteiger partial charge in [-0.3, -0.25) is 4.79 Å². The van der Waals surface area contributed by atoms with Crippen LogP contribution in [0.15, 0.2) is 48.7 Å². The number of phenolic OH excluding ortho intramolecular Hbond substituents is 1. The first-order valence-electron chi connectivity index (χ1n) is 12.2. The van der Waals surface area contributed by atoms with Crippen molar-refractivity contribution in [1.29, 1.82) is 0 Å². The zero-order valence-corrected chi connectivity index (χ0v) is 20.9. The number of rotatable bonds is 7. The molecule has 1 aromatic heterocycles. The van der Waals surface area contributed by atoms with Gasteiger partial charge in [-0.05, 0) is 60.0 Å². The van der Waals surface area contributed by atoms with Crippen molar-refractivity contribution in [2.24, 2.45) is 11.8 Å². The summed E-state index contributed by atoms with van der Waals surface area (Å²) in [5.74, 6) is 1.77. The second-order valence-corrected chi connectivity index (χ2v) is 10.3. The highest BCUT2D eigenvalue weighted by molar-refractivity contribution is 6.07. The first-order valence-corrected chi connectivity index (χ1v) is 12.2. The van der Waals surface area contributed by atoms with Gasteiger partial charge in [0.2, 0.25) is 0 Å². The van der Waals surface area contributed by atoms with Crippen LogP contribution in [0.5, 0.6) is 11.5 Å². The summed E-state index contributed by atoms with van der Waals surface area (Å²) in [5.41, 5.74) is 2.77. The van der Waals surface area contributed by atoms with Gasteiger partial charge in [-0.15, -0.1) is 0 Å². The number of nitrogens with one attached hydrogen (secondary N) is 2. The Morgan fingerprint density at radius 2 is 2.09 bits per heavy atom. The van der Waals surface area contributed by atoms with Gasteiger partial charge in [-0.2, -0.15) is 0 Å². The number of benzene rings is 2. The maximum Gasteiger partial charge on any atom is 0.253 e. The number of methoxy groups -OCH3 is 1. The molecule has 2 aromatic carbocycles. The van der Waals surface area contributed by atoms with Crippen molar-refractivity contribution in [3.63, 3.8) is 0 Å². The highest BCUT2D eigenvalue weighted by atomic mass is 16.5. The van der Waals surface area contributed by atoms with Crippen molar-refractivity contribution in [3.05, 3.63) is 59.8 Å². The minimum atomic E-state index is -0.0511. The third kappa shape index (κ3) is 4.78. The van der Waals surface area contributed by atoms with Crippen LogP contribution >= 0.6 is 0 Å². The van der Waals surface area contributed by atoms with E-state index in [1.54, 1.807) is 19.4 Å². The van der Waals surface area contributed by atoms with Crippen molar-refractivity contribution in [2.75, 3.05) is 26.7 Å². The van der Waals surface area contributed by atoms with Crippen molar-refractivity contribution < 1.29 is 14.6 Å². The number of ether oxygens (including phenoxy) is 1. The van der Waals surface area contributed by atoms with E-state index in [0.29, 0.717) is 23.1 Å². The average Bonchev–Trinajstić information content (AvgIpc) is 3.24. The molecule has 6 heteroatoms. The molecule has 0 radical (unpaired) electrons. The number of nitrogens with zero attached hydrogens (tertiary/aromatic N) is 1. The fourth-order valence-electron chi connectivity index (χ4n) is 5.14. The number of aromatic amines is 1. The Morgan fingerprint density at radius 1 is 1.29 bits per heavy atom. The molecule has 0 bridgehead atoms. The van der Waals surface area contributed by atoms with Crippen LogP contribution in [0, 0.1) is 11.8 Å². The number of carbonyl (C=O) groups excluding carboxylic acids is 1. The molecule has 1 amide bonds. The molecule has 0 spiro atoms. The number of phenols is 1.